The van der Waals surface area contributed by atoms with Gasteiger partial charge in [0.25, 0.3) is 0 Å². The normalized spacial score (nSPS) is 11.7. The topological polar surface area (TPSA) is 78.3 Å². The number of aromatic nitrogens is 3. The summed E-state index contributed by atoms with van der Waals surface area (Å²) in [5.74, 6) is 2.37. The second-order valence-corrected chi connectivity index (χ2v) is 8.02. The van der Waals surface area contributed by atoms with Crippen molar-refractivity contribution in [1.29, 1.82) is 0 Å². The summed E-state index contributed by atoms with van der Waals surface area (Å²) in [7, 11) is 1.62. The Hall–Kier alpha value is -3.00. The highest BCUT2D eigenvalue weighted by Crippen LogP contribution is 2.26. The van der Waals surface area contributed by atoms with E-state index in [2.05, 4.69) is 15.5 Å². The molecule has 1 unspecified atom stereocenters. The van der Waals surface area contributed by atoms with Crippen molar-refractivity contribution in [1.82, 2.24) is 20.1 Å². The summed E-state index contributed by atoms with van der Waals surface area (Å²) >= 11 is 1.37. The molecule has 0 spiro atoms. The number of aryl methyl sites for hydroxylation is 1. The first-order valence-corrected chi connectivity index (χ1v) is 11.2. The molecule has 0 bridgehead atoms. The number of carbonyl (C=O) groups excluding carboxylic acids is 1. The number of carbonyl (C=O) groups is 1. The molecule has 31 heavy (non-hydrogen) atoms. The zero-order valence-corrected chi connectivity index (χ0v) is 19.1. The number of nitrogens with zero attached hydrogens (tertiary/aromatic N) is 3. The van der Waals surface area contributed by atoms with E-state index >= 15 is 0 Å². The van der Waals surface area contributed by atoms with Crippen LogP contribution in [0.3, 0.4) is 0 Å². The van der Waals surface area contributed by atoms with Crippen LogP contribution in [-0.4, -0.2) is 33.5 Å². The summed E-state index contributed by atoms with van der Waals surface area (Å²) in [4.78, 5) is 12.3. The summed E-state index contributed by atoms with van der Waals surface area (Å²) in [5.41, 5.74) is 2.27. The molecule has 0 saturated carbocycles. The maximum atomic E-state index is 12.3. The molecular formula is C23H28N4O3S. The Bertz CT molecular complexity index is 1000. The van der Waals surface area contributed by atoms with Crippen LogP contribution in [0, 0.1) is 6.92 Å². The van der Waals surface area contributed by atoms with Crippen LogP contribution in [0.5, 0.6) is 11.5 Å². The third kappa shape index (κ3) is 6.24. The largest absolute Gasteiger partial charge is 0.497 e. The summed E-state index contributed by atoms with van der Waals surface area (Å²) < 4.78 is 13.2. The molecule has 1 amide bonds. The molecule has 1 atom stereocenters. The maximum Gasteiger partial charge on any atom is 0.230 e. The smallest absolute Gasteiger partial charge is 0.230 e. The fraction of sp³-hybridized carbons (Fsp3) is 0.348. The van der Waals surface area contributed by atoms with Crippen molar-refractivity contribution in [2.45, 2.75) is 45.1 Å². The van der Waals surface area contributed by atoms with Crippen LogP contribution in [0.15, 0.2) is 53.7 Å². The minimum atomic E-state index is -0.302. The number of hydrogen-bond acceptors (Lipinski definition) is 6. The van der Waals surface area contributed by atoms with E-state index in [-0.39, 0.29) is 17.8 Å². The minimum absolute atomic E-state index is 0.0431. The lowest BCUT2D eigenvalue weighted by Crippen LogP contribution is -2.24. The van der Waals surface area contributed by atoms with E-state index in [1.165, 1.54) is 17.3 Å². The van der Waals surface area contributed by atoms with Crippen LogP contribution in [0.2, 0.25) is 0 Å². The van der Waals surface area contributed by atoms with Gasteiger partial charge in [-0.25, -0.2) is 0 Å². The van der Waals surface area contributed by atoms with Crippen LogP contribution in [0.4, 0.5) is 0 Å². The van der Waals surface area contributed by atoms with Gasteiger partial charge in [-0.2, -0.15) is 0 Å². The molecule has 7 nitrogen and oxygen atoms in total. The number of thioether (sulfide) groups is 1. The van der Waals surface area contributed by atoms with Crippen LogP contribution >= 0.6 is 11.8 Å². The first kappa shape index (κ1) is 22.7. The van der Waals surface area contributed by atoms with Crippen LogP contribution in [0.1, 0.15) is 36.9 Å². The van der Waals surface area contributed by atoms with Gasteiger partial charge in [0.1, 0.15) is 11.5 Å². The standard InChI is InChI=1S/C23H28N4O3S/c1-5-27-22(17(3)30-20-8-6-7-19(13-20)29-4)25-26-23(27)31-15-21(28)24-14-18-11-9-16(2)10-12-18/h6-13,17H,5,14-15H2,1-4H3,(H,24,28). The lowest BCUT2D eigenvalue weighted by atomic mass is 10.1. The van der Waals surface area contributed by atoms with E-state index in [1.807, 2.05) is 73.9 Å². The third-order valence-electron chi connectivity index (χ3n) is 4.72. The first-order chi connectivity index (χ1) is 15.0. The molecule has 0 aliphatic carbocycles. The van der Waals surface area contributed by atoms with Gasteiger partial charge in [-0.1, -0.05) is 47.7 Å². The average molecular weight is 441 g/mol. The summed E-state index contributed by atoms with van der Waals surface area (Å²) in [5, 5.41) is 12.2. The molecule has 0 aliphatic heterocycles. The van der Waals surface area contributed by atoms with E-state index in [9.17, 15) is 4.79 Å². The lowest BCUT2D eigenvalue weighted by molar-refractivity contribution is -0.118. The molecule has 3 aromatic rings. The van der Waals surface area contributed by atoms with E-state index in [0.29, 0.717) is 29.8 Å². The number of hydrogen-bond donors (Lipinski definition) is 1. The zero-order chi connectivity index (χ0) is 22.2. The van der Waals surface area contributed by atoms with Gasteiger partial charge in [0, 0.05) is 19.2 Å². The van der Waals surface area contributed by atoms with Gasteiger partial charge in [0.2, 0.25) is 5.91 Å². The predicted molar refractivity (Wildman–Crippen MR) is 121 cm³/mol. The van der Waals surface area contributed by atoms with E-state index in [1.54, 1.807) is 7.11 Å². The summed E-state index contributed by atoms with van der Waals surface area (Å²) in [6.07, 6.45) is -0.302. The van der Waals surface area contributed by atoms with Gasteiger partial charge >= 0.3 is 0 Å². The van der Waals surface area contributed by atoms with Gasteiger partial charge in [0.15, 0.2) is 17.1 Å². The molecule has 3 rings (SSSR count). The van der Waals surface area contributed by atoms with Crippen molar-refractivity contribution in [3.8, 4) is 11.5 Å². The van der Waals surface area contributed by atoms with Gasteiger partial charge in [-0.15, -0.1) is 10.2 Å². The molecule has 8 heteroatoms. The van der Waals surface area contributed by atoms with Gasteiger partial charge in [-0.05, 0) is 38.5 Å². The second kappa shape index (κ2) is 10.9. The predicted octanol–water partition coefficient (Wildman–Crippen LogP) is 4.16. The Morgan fingerprint density at radius 3 is 2.61 bits per heavy atom. The highest BCUT2D eigenvalue weighted by molar-refractivity contribution is 7.99. The van der Waals surface area contributed by atoms with Crippen molar-refractivity contribution in [3.63, 3.8) is 0 Å². The van der Waals surface area contributed by atoms with Crippen molar-refractivity contribution in [3.05, 3.63) is 65.5 Å². The summed E-state index contributed by atoms with van der Waals surface area (Å²) in [6.45, 7) is 7.18. The van der Waals surface area contributed by atoms with Crippen LogP contribution in [0.25, 0.3) is 0 Å². The Balaban J connectivity index is 1.57. The molecule has 1 aromatic heterocycles. The maximum absolute atomic E-state index is 12.3. The molecule has 1 heterocycles. The number of benzene rings is 2. The van der Waals surface area contributed by atoms with Crippen LogP contribution in [-0.2, 0) is 17.9 Å². The molecule has 0 aliphatic rings. The summed E-state index contributed by atoms with van der Waals surface area (Å²) in [6, 6.07) is 15.6. The molecule has 1 N–H and O–H groups in total. The Kier molecular flexibility index (Phi) is 7.94. The number of nitrogens with one attached hydrogen (secondary N) is 1. The van der Waals surface area contributed by atoms with Gasteiger partial charge < -0.3 is 19.4 Å². The molecule has 0 radical (unpaired) electrons. The fourth-order valence-corrected chi connectivity index (χ4v) is 3.86. The number of ether oxygens (including phenoxy) is 2. The van der Waals surface area contributed by atoms with Gasteiger partial charge in [0.05, 0.1) is 12.9 Å². The van der Waals surface area contributed by atoms with Crippen molar-refractivity contribution < 1.29 is 14.3 Å². The Morgan fingerprint density at radius 2 is 1.90 bits per heavy atom. The number of methoxy groups -OCH3 is 1. The molecular weight excluding hydrogens is 412 g/mol. The Morgan fingerprint density at radius 1 is 1.16 bits per heavy atom. The Labute approximate surface area is 187 Å². The zero-order valence-electron chi connectivity index (χ0n) is 18.3. The monoisotopic (exact) mass is 440 g/mol. The van der Waals surface area contributed by atoms with Crippen molar-refractivity contribution in [2.75, 3.05) is 12.9 Å². The molecule has 2 aromatic carbocycles. The lowest BCUT2D eigenvalue weighted by Gasteiger charge is -2.16. The van der Waals surface area contributed by atoms with Crippen molar-refractivity contribution >= 4 is 17.7 Å². The quantitative estimate of drug-likeness (QED) is 0.477. The molecule has 0 fully saturated rings. The minimum Gasteiger partial charge on any atom is -0.497 e. The van der Waals surface area contributed by atoms with Crippen molar-refractivity contribution in [2.24, 2.45) is 0 Å². The second-order valence-electron chi connectivity index (χ2n) is 7.08. The third-order valence-corrected chi connectivity index (χ3v) is 5.69. The molecule has 0 saturated heterocycles. The fourth-order valence-electron chi connectivity index (χ4n) is 3.02. The molecule has 164 valence electrons. The van der Waals surface area contributed by atoms with E-state index < -0.39 is 0 Å². The number of rotatable bonds is 10. The van der Waals surface area contributed by atoms with E-state index in [0.717, 1.165) is 11.3 Å². The number of amides is 1. The van der Waals surface area contributed by atoms with Crippen LogP contribution < -0.4 is 14.8 Å². The van der Waals surface area contributed by atoms with E-state index in [4.69, 9.17) is 9.47 Å². The highest BCUT2D eigenvalue weighted by atomic mass is 32.2. The van der Waals surface area contributed by atoms with Gasteiger partial charge in [-0.3, -0.25) is 4.79 Å². The SMILES string of the molecule is CCn1c(SCC(=O)NCc2ccc(C)cc2)nnc1C(C)Oc1cccc(OC)c1. The first-order valence-electron chi connectivity index (χ1n) is 10.2. The highest BCUT2D eigenvalue weighted by Gasteiger charge is 2.19. The average Bonchev–Trinajstić information content (AvgIpc) is 3.20.